The molecule has 3 heteroatoms. The van der Waals surface area contributed by atoms with Gasteiger partial charge in [0.15, 0.2) is 0 Å². The van der Waals surface area contributed by atoms with Crippen LogP contribution in [0.1, 0.15) is 22.3 Å². The molecule has 0 unspecified atom stereocenters. The molecule has 1 N–H and O–H groups in total. The summed E-state index contributed by atoms with van der Waals surface area (Å²) in [6.07, 6.45) is 5.02. The predicted octanol–water partition coefficient (Wildman–Crippen LogP) is 2.37. The van der Waals surface area contributed by atoms with Gasteiger partial charge in [-0.2, -0.15) is 5.10 Å². The fraction of sp³-hybridized carbons (Fsp3) is 0.400. The molecule has 0 saturated carbocycles. The summed E-state index contributed by atoms with van der Waals surface area (Å²) in [6, 6.07) is 6.69. The van der Waals surface area contributed by atoms with Gasteiger partial charge in [0.25, 0.3) is 0 Å². The number of aryl methyl sites for hydroxylation is 3. The highest BCUT2D eigenvalue weighted by Gasteiger charge is 1.98. The molecule has 0 saturated heterocycles. The average Bonchev–Trinajstić information content (AvgIpc) is 2.69. The van der Waals surface area contributed by atoms with Crippen molar-refractivity contribution in [3.63, 3.8) is 0 Å². The first-order valence-corrected chi connectivity index (χ1v) is 6.39. The second kappa shape index (κ2) is 5.83. The van der Waals surface area contributed by atoms with E-state index in [1.54, 1.807) is 0 Å². The van der Waals surface area contributed by atoms with E-state index in [1.165, 1.54) is 22.3 Å². The zero-order valence-electron chi connectivity index (χ0n) is 11.4. The Labute approximate surface area is 109 Å². The molecule has 0 radical (unpaired) electrons. The highest BCUT2D eigenvalue weighted by atomic mass is 15.2. The topological polar surface area (TPSA) is 29.9 Å². The van der Waals surface area contributed by atoms with Crippen molar-refractivity contribution in [1.82, 2.24) is 15.1 Å². The van der Waals surface area contributed by atoms with Crippen LogP contribution in [0.4, 0.5) is 0 Å². The third-order valence-corrected chi connectivity index (χ3v) is 2.96. The number of aromatic nitrogens is 2. The van der Waals surface area contributed by atoms with Crippen molar-refractivity contribution in [3.05, 3.63) is 52.8 Å². The molecule has 2 aromatic rings. The van der Waals surface area contributed by atoms with Crippen LogP contribution in [0.2, 0.25) is 0 Å². The smallest absolute Gasteiger partial charge is 0.0522 e. The number of hydrogen-bond acceptors (Lipinski definition) is 2. The van der Waals surface area contributed by atoms with E-state index < -0.39 is 0 Å². The van der Waals surface area contributed by atoms with Gasteiger partial charge in [0.05, 0.1) is 6.20 Å². The molecular formula is C15H21N3. The lowest BCUT2D eigenvalue weighted by atomic mass is 10.1. The summed E-state index contributed by atoms with van der Waals surface area (Å²) in [6.45, 7) is 6.21. The van der Waals surface area contributed by atoms with Crippen LogP contribution >= 0.6 is 0 Å². The van der Waals surface area contributed by atoms with Crippen LogP contribution in [0, 0.1) is 13.8 Å². The third-order valence-electron chi connectivity index (χ3n) is 2.96. The molecule has 18 heavy (non-hydrogen) atoms. The maximum atomic E-state index is 4.17. The molecule has 0 fully saturated rings. The molecule has 1 aromatic heterocycles. The monoisotopic (exact) mass is 243 g/mol. The van der Waals surface area contributed by atoms with Crippen molar-refractivity contribution in [2.24, 2.45) is 7.05 Å². The summed E-state index contributed by atoms with van der Waals surface area (Å²) < 4.78 is 1.85. The van der Waals surface area contributed by atoms with Gasteiger partial charge in [-0.3, -0.25) is 4.68 Å². The minimum absolute atomic E-state index is 0.933. The third kappa shape index (κ3) is 3.70. The molecule has 0 amide bonds. The Kier molecular flexibility index (Phi) is 4.15. The van der Waals surface area contributed by atoms with E-state index in [0.29, 0.717) is 0 Å². The summed E-state index contributed by atoms with van der Waals surface area (Å²) in [5.41, 5.74) is 5.31. The Balaban J connectivity index is 1.78. The number of benzene rings is 1. The Bertz CT molecular complexity index is 494. The first kappa shape index (κ1) is 12.8. The van der Waals surface area contributed by atoms with Crippen molar-refractivity contribution in [2.45, 2.75) is 26.8 Å². The molecule has 96 valence electrons. The number of rotatable bonds is 5. The van der Waals surface area contributed by atoms with Gasteiger partial charge in [-0.1, -0.05) is 29.3 Å². The lowest BCUT2D eigenvalue weighted by molar-refractivity contribution is 0.685. The molecule has 3 nitrogen and oxygen atoms in total. The maximum Gasteiger partial charge on any atom is 0.0522 e. The lowest BCUT2D eigenvalue weighted by Gasteiger charge is -2.06. The average molecular weight is 243 g/mol. The summed E-state index contributed by atoms with van der Waals surface area (Å²) in [7, 11) is 1.95. The Morgan fingerprint density at radius 2 is 1.83 bits per heavy atom. The van der Waals surface area contributed by atoms with E-state index in [9.17, 15) is 0 Å². The van der Waals surface area contributed by atoms with Crippen molar-refractivity contribution in [3.8, 4) is 0 Å². The SMILES string of the molecule is Cc1cc(C)cc(CNCCc2cnn(C)c2)c1. The second-order valence-electron chi connectivity index (χ2n) is 4.94. The van der Waals surface area contributed by atoms with Crippen molar-refractivity contribution >= 4 is 0 Å². The zero-order chi connectivity index (χ0) is 13.0. The van der Waals surface area contributed by atoms with E-state index in [1.807, 2.05) is 17.9 Å². The second-order valence-corrected chi connectivity index (χ2v) is 4.94. The predicted molar refractivity (Wildman–Crippen MR) is 74.5 cm³/mol. The molecule has 0 bridgehead atoms. The molecular weight excluding hydrogens is 222 g/mol. The lowest BCUT2D eigenvalue weighted by Crippen LogP contribution is -2.16. The van der Waals surface area contributed by atoms with Crippen LogP contribution < -0.4 is 5.32 Å². The van der Waals surface area contributed by atoms with Gasteiger partial charge in [-0.05, 0) is 37.9 Å². The summed E-state index contributed by atoms with van der Waals surface area (Å²) >= 11 is 0. The number of hydrogen-bond donors (Lipinski definition) is 1. The van der Waals surface area contributed by atoms with Gasteiger partial charge >= 0.3 is 0 Å². The van der Waals surface area contributed by atoms with Crippen molar-refractivity contribution < 1.29 is 0 Å². The molecule has 1 aromatic carbocycles. The zero-order valence-corrected chi connectivity index (χ0v) is 11.4. The van der Waals surface area contributed by atoms with Gasteiger partial charge < -0.3 is 5.32 Å². The normalized spacial score (nSPS) is 10.8. The van der Waals surface area contributed by atoms with Crippen molar-refractivity contribution in [2.75, 3.05) is 6.54 Å². The van der Waals surface area contributed by atoms with Crippen LogP contribution in [0.25, 0.3) is 0 Å². The van der Waals surface area contributed by atoms with Gasteiger partial charge in [0.2, 0.25) is 0 Å². The number of nitrogens with one attached hydrogen (secondary N) is 1. The standard InChI is InChI=1S/C15H21N3/c1-12-6-13(2)8-15(7-12)9-16-5-4-14-10-17-18(3)11-14/h6-8,10-11,16H,4-5,9H2,1-3H3. The molecule has 0 spiro atoms. The highest BCUT2D eigenvalue weighted by molar-refractivity contribution is 5.28. The van der Waals surface area contributed by atoms with E-state index in [-0.39, 0.29) is 0 Å². The summed E-state index contributed by atoms with van der Waals surface area (Å²) in [5, 5.41) is 7.64. The highest BCUT2D eigenvalue weighted by Crippen LogP contribution is 2.08. The Hall–Kier alpha value is -1.61. The van der Waals surface area contributed by atoms with Crippen molar-refractivity contribution in [1.29, 1.82) is 0 Å². The van der Waals surface area contributed by atoms with Crippen LogP contribution in [0.15, 0.2) is 30.6 Å². The largest absolute Gasteiger partial charge is 0.312 e. The van der Waals surface area contributed by atoms with Crippen LogP contribution in [0.3, 0.4) is 0 Å². The van der Waals surface area contributed by atoms with Gasteiger partial charge in [0.1, 0.15) is 0 Å². The van der Waals surface area contributed by atoms with E-state index in [4.69, 9.17) is 0 Å². The Morgan fingerprint density at radius 3 is 2.44 bits per heavy atom. The van der Waals surface area contributed by atoms with Gasteiger partial charge in [0, 0.05) is 19.8 Å². The van der Waals surface area contributed by atoms with Crippen LogP contribution in [-0.4, -0.2) is 16.3 Å². The minimum atomic E-state index is 0.933. The van der Waals surface area contributed by atoms with E-state index in [2.05, 4.69) is 48.7 Å². The molecule has 0 aliphatic rings. The molecule has 0 aliphatic heterocycles. The van der Waals surface area contributed by atoms with E-state index in [0.717, 1.165) is 19.5 Å². The summed E-state index contributed by atoms with van der Waals surface area (Å²) in [4.78, 5) is 0. The fourth-order valence-corrected chi connectivity index (χ4v) is 2.24. The van der Waals surface area contributed by atoms with Crippen LogP contribution in [-0.2, 0) is 20.0 Å². The van der Waals surface area contributed by atoms with Gasteiger partial charge in [-0.25, -0.2) is 0 Å². The molecule has 2 rings (SSSR count). The summed E-state index contributed by atoms with van der Waals surface area (Å²) in [5.74, 6) is 0. The van der Waals surface area contributed by atoms with Gasteiger partial charge in [-0.15, -0.1) is 0 Å². The first-order chi connectivity index (χ1) is 8.63. The molecule has 1 heterocycles. The number of nitrogens with zero attached hydrogens (tertiary/aromatic N) is 2. The molecule has 0 aliphatic carbocycles. The fourth-order valence-electron chi connectivity index (χ4n) is 2.24. The Morgan fingerprint density at radius 1 is 1.11 bits per heavy atom. The van der Waals surface area contributed by atoms with Crippen LogP contribution in [0.5, 0.6) is 0 Å². The quantitative estimate of drug-likeness (QED) is 0.817. The maximum absolute atomic E-state index is 4.17. The molecule has 0 atom stereocenters. The minimum Gasteiger partial charge on any atom is -0.312 e. The van der Waals surface area contributed by atoms with E-state index >= 15 is 0 Å². The first-order valence-electron chi connectivity index (χ1n) is 6.39.